The molecule has 166 valence electrons. The third kappa shape index (κ3) is 4.93. The average Bonchev–Trinajstić information content (AvgIpc) is 3.22. The number of hydrogen-bond donors (Lipinski definition) is 0. The number of aryl methyl sites for hydroxylation is 1. The molecule has 9 nitrogen and oxygen atoms in total. The van der Waals surface area contributed by atoms with Crippen molar-refractivity contribution in [1.29, 1.82) is 0 Å². The second kappa shape index (κ2) is 8.75. The summed E-state index contributed by atoms with van der Waals surface area (Å²) >= 11 is 1.13. The summed E-state index contributed by atoms with van der Waals surface area (Å²) in [4.78, 5) is 29.8. The number of fused-ring (bicyclic) bond motifs is 1. The van der Waals surface area contributed by atoms with E-state index in [0.29, 0.717) is 21.6 Å². The number of ether oxygens (including phenoxy) is 1. The molecule has 0 radical (unpaired) electrons. The quantitative estimate of drug-likeness (QED) is 0.518. The highest BCUT2D eigenvalue weighted by molar-refractivity contribution is 7.90. The summed E-state index contributed by atoms with van der Waals surface area (Å²) in [6, 6.07) is 6.22. The summed E-state index contributed by atoms with van der Waals surface area (Å²) in [5.74, 6) is -0.979. The first-order chi connectivity index (χ1) is 14.5. The first-order valence-corrected chi connectivity index (χ1v) is 12.4. The smallest absolute Gasteiger partial charge is 0.326 e. The van der Waals surface area contributed by atoms with E-state index < -0.39 is 21.7 Å². The van der Waals surface area contributed by atoms with Crippen molar-refractivity contribution in [3.8, 4) is 0 Å². The first-order valence-electron chi connectivity index (χ1n) is 9.65. The number of amides is 1. The third-order valence-electron chi connectivity index (χ3n) is 4.44. The molecule has 0 atom stereocenters. The van der Waals surface area contributed by atoms with Crippen LogP contribution in [0.4, 0.5) is 0 Å². The molecular formula is C20H24N4O5S2. The van der Waals surface area contributed by atoms with E-state index in [4.69, 9.17) is 4.74 Å². The van der Waals surface area contributed by atoms with Crippen LogP contribution < -0.4 is 4.80 Å². The van der Waals surface area contributed by atoms with Crippen LogP contribution in [0.25, 0.3) is 10.2 Å². The van der Waals surface area contributed by atoms with Crippen LogP contribution in [-0.4, -0.2) is 47.5 Å². The molecule has 1 amide bonds. The monoisotopic (exact) mass is 464 g/mol. The molecule has 3 rings (SSSR count). The Morgan fingerprint density at radius 2 is 1.97 bits per heavy atom. The fourth-order valence-electron chi connectivity index (χ4n) is 3.07. The lowest BCUT2D eigenvalue weighted by Gasteiger charge is -2.08. The van der Waals surface area contributed by atoms with Gasteiger partial charge in [-0.2, -0.15) is 10.1 Å². The Balaban J connectivity index is 2.19. The predicted molar refractivity (Wildman–Crippen MR) is 117 cm³/mol. The van der Waals surface area contributed by atoms with Crippen molar-refractivity contribution < 1.29 is 22.7 Å². The minimum atomic E-state index is -3.41. The Morgan fingerprint density at radius 3 is 2.58 bits per heavy atom. The molecule has 0 fully saturated rings. The van der Waals surface area contributed by atoms with Gasteiger partial charge >= 0.3 is 5.97 Å². The van der Waals surface area contributed by atoms with Crippen molar-refractivity contribution in [2.45, 2.75) is 45.2 Å². The number of nitrogens with zero attached hydrogens (tertiary/aromatic N) is 4. The minimum absolute atomic E-state index is 0.0331. The summed E-state index contributed by atoms with van der Waals surface area (Å²) in [7, 11) is -3.41. The Bertz CT molecular complexity index is 1330. The van der Waals surface area contributed by atoms with Gasteiger partial charge in [-0.15, -0.1) is 0 Å². The van der Waals surface area contributed by atoms with E-state index in [9.17, 15) is 18.0 Å². The van der Waals surface area contributed by atoms with E-state index in [2.05, 4.69) is 10.1 Å². The molecule has 31 heavy (non-hydrogen) atoms. The molecule has 2 heterocycles. The van der Waals surface area contributed by atoms with Gasteiger partial charge in [-0.05, 0) is 52.0 Å². The Morgan fingerprint density at radius 1 is 1.26 bits per heavy atom. The van der Waals surface area contributed by atoms with Gasteiger partial charge in [0.2, 0.25) is 0 Å². The second-order valence-corrected chi connectivity index (χ2v) is 10.3. The molecule has 0 aliphatic rings. The summed E-state index contributed by atoms with van der Waals surface area (Å²) in [5, 5.41) is 4.34. The number of esters is 1. The van der Waals surface area contributed by atoms with E-state index in [1.54, 1.807) is 35.2 Å². The van der Waals surface area contributed by atoms with E-state index in [-0.39, 0.29) is 28.9 Å². The molecule has 11 heteroatoms. The molecule has 0 bridgehead atoms. The van der Waals surface area contributed by atoms with Crippen LogP contribution in [0, 0.1) is 6.92 Å². The first kappa shape index (κ1) is 22.9. The van der Waals surface area contributed by atoms with Crippen LogP contribution >= 0.6 is 11.3 Å². The van der Waals surface area contributed by atoms with Crippen molar-refractivity contribution in [1.82, 2.24) is 14.3 Å². The van der Waals surface area contributed by atoms with E-state index >= 15 is 0 Å². The van der Waals surface area contributed by atoms with Gasteiger partial charge in [0.1, 0.15) is 12.2 Å². The summed E-state index contributed by atoms with van der Waals surface area (Å²) in [6.07, 6.45) is 1.12. The van der Waals surface area contributed by atoms with Crippen LogP contribution in [-0.2, 0) is 25.9 Å². The zero-order chi connectivity index (χ0) is 22.9. The molecule has 0 aliphatic heterocycles. The second-order valence-electron chi connectivity index (χ2n) is 7.30. The minimum Gasteiger partial charge on any atom is -0.465 e. The summed E-state index contributed by atoms with van der Waals surface area (Å²) in [6.45, 7) is 7.39. The lowest BCUT2D eigenvalue weighted by molar-refractivity contribution is -0.143. The Hall–Kier alpha value is -2.79. The molecule has 0 spiro atoms. The van der Waals surface area contributed by atoms with Gasteiger partial charge in [-0.3, -0.25) is 14.3 Å². The van der Waals surface area contributed by atoms with Crippen molar-refractivity contribution in [3.63, 3.8) is 0 Å². The fraction of sp³-hybridized carbons (Fsp3) is 0.400. The molecule has 1 aromatic carbocycles. The van der Waals surface area contributed by atoms with Gasteiger partial charge in [0.15, 0.2) is 14.6 Å². The van der Waals surface area contributed by atoms with Crippen LogP contribution in [0.1, 0.15) is 43.0 Å². The van der Waals surface area contributed by atoms with Crippen molar-refractivity contribution >= 4 is 43.3 Å². The standard InChI is InChI=1S/C20H24N4O5S2/c1-6-29-18(25)11-23-15-8-7-14(31(5,27)28)10-17(15)30-20(23)21-19(26)16-9-13(4)22-24(16)12(2)3/h7-10,12H,6,11H2,1-5H3. The maximum Gasteiger partial charge on any atom is 0.326 e. The lowest BCUT2D eigenvalue weighted by Crippen LogP contribution is -2.23. The highest BCUT2D eigenvalue weighted by Gasteiger charge is 2.18. The maximum absolute atomic E-state index is 13.0. The zero-order valence-corrected chi connectivity index (χ0v) is 19.6. The van der Waals surface area contributed by atoms with Crippen LogP contribution in [0.5, 0.6) is 0 Å². The highest BCUT2D eigenvalue weighted by Crippen LogP contribution is 2.22. The van der Waals surface area contributed by atoms with Crippen LogP contribution in [0.2, 0.25) is 0 Å². The molecule has 0 saturated carbocycles. The van der Waals surface area contributed by atoms with Crippen LogP contribution in [0.15, 0.2) is 34.2 Å². The predicted octanol–water partition coefficient (Wildman–Crippen LogP) is 2.50. The average molecular weight is 465 g/mol. The van der Waals surface area contributed by atoms with Crippen molar-refractivity contribution in [3.05, 3.63) is 40.5 Å². The Kier molecular flexibility index (Phi) is 6.46. The topological polar surface area (TPSA) is 113 Å². The van der Waals surface area contributed by atoms with E-state index in [1.165, 1.54) is 12.1 Å². The molecule has 0 N–H and O–H groups in total. The maximum atomic E-state index is 13.0. The number of carbonyl (C=O) groups is 2. The van der Waals surface area contributed by atoms with Gasteiger partial charge in [-0.1, -0.05) is 11.3 Å². The largest absolute Gasteiger partial charge is 0.465 e. The number of thiazole rings is 1. The number of carbonyl (C=O) groups excluding carboxylic acids is 2. The SMILES string of the molecule is CCOC(=O)Cn1c(=NC(=O)c2cc(C)nn2C(C)C)sc2cc(S(C)(=O)=O)ccc21. The van der Waals surface area contributed by atoms with Gasteiger partial charge in [-0.25, -0.2) is 8.42 Å². The zero-order valence-electron chi connectivity index (χ0n) is 17.9. The molecule has 3 aromatic rings. The third-order valence-corrected chi connectivity index (χ3v) is 6.59. The van der Waals surface area contributed by atoms with Crippen molar-refractivity contribution in [2.75, 3.05) is 12.9 Å². The van der Waals surface area contributed by atoms with E-state index in [1.807, 2.05) is 13.8 Å². The van der Waals surface area contributed by atoms with Gasteiger partial charge < -0.3 is 9.30 Å². The normalized spacial score (nSPS) is 12.6. The number of benzene rings is 1. The molecule has 0 saturated heterocycles. The van der Waals surface area contributed by atoms with Gasteiger partial charge in [0, 0.05) is 12.3 Å². The van der Waals surface area contributed by atoms with Gasteiger partial charge in [0.25, 0.3) is 5.91 Å². The van der Waals surface area contributed by atoms with Crippen molar-refractivity contribution in [2.24, 2.45) is 4.99 Å². The molecule has 0 unspecified atom stereocenters. The molecular weight excluding hydrogens is 440 g/mol. The van der Waals surface area contributed by atoms with Crippen LogP contribution in [0.3, 0.4) is 0 Å². The number of hydrogen-bond acceptors (Lipinski definition) is 7. The molecule has 2 aromatic heterocycles. The number of rotatable bonds is 6. The fourth-order valence-corrected chi connectivity index (χ4v) is 4.86. The highest BCUT2D eigenvalue weighted by atomic mass is 32.2. The van der Waals surface area contributed by atoms with Gasteiger partial charge in [0.05, 0.1) is 27.4 Å². The lowest BCUT2D eigenvalue weighted by atomic mass is 10.3. The summed E-state index contributed by atoms with van der Waals surface area (Å²) < 4.78 is 32.7. The molecule has 0 aliphatic carbocycles. The Labute approximate surface area is 183 Å². The number of sulfone groups is 1. The number of aromatic nitrogens is 3. The van der Waals surface area contributed by atoms with E-state index in [0.717, 1.165) is 17.6 Å². The summed E-state index contributed by atoms with van der Waals surface area (Å²) in [5.41, 5.74) is 1.62.